The molecule has 19 heavy (non-hydrogen) atoms. The number of Topliss-reactive ketones (excluding diaryl/α,β-unsaturated/α-hetero) is 1. The molecule has 0 radical (unpaired) electrons. The third-order valence-electron chi connectivity index (χ3n) is 4.71. The van der Waals surface area contributed by atoms with Gasteiger partial charge < -0.3 is 4.98 Å². The molecule has 1 aromatic carbocycles. The van der Waals surface area contributed by atoms with Crippen LogP contribution in [0.15, 0.2) is 24.4 Å². The number of aromatic amines is 1. The topological polar surface area (TPSA) is 56.6 Å². The molecule has 1 N–H and O–H groups in total. The van der Waals surface area contributed by atoms with E-state index in [1.165, 1.54) is 6.42 Å². The number of hydrogen-bond donors (Lipinski definition) is 1. The van der Waals surface area contributed by atoms with E-state index in [1.807, 2.05) is 12.1 Å². The van der Waals surface area contributed by atoms with Gasteiger partial charge in [-0.15, -0.1) is 0 Å². The van der Waals surface area contributed by atoms with E-state index in [0.29, 0.717) is 11.1 Å². The zero-order valence-corrected chi connectivity index (χ0v) is 10.5. The second-order valence-corrected chi connectivity index (χ2v) is 5.83. The summed E-state index contributed by atoms with van der Waals surface area (Å²) in [5.41, 5.74) is 2.18. The van der Waals surface area contributed by atoms with E-state index in [-0.39, 0.29) is 11.7 Å². The summed E-state index contributed by atoms with van der Waals surface area (Å²) in [5, 5.41) is 10.0. The maximum atomic E-state index is 12.6. The number of benzene rings is 1. The molecule has 0 bridgehead atoms. The molecule has 2 aliphatic rings. The van der Waals surface area contributed by atoms with Crippen LogP contribution in [0, 0.1) is 29.1 Å². The van der Waals surface area contributed by atoms with Crippen LogP contribution in [0.2, 0.25) is 0 Å². The summed E-state index contributed by atoms with van der Waals surface area (Å²) in [7, 11) is 0. The molecule has 2 saturated carbocycles. The van der Waals surface area contributed by atoms with Crippen molar-refractivity contribution < 1.29 is 4.79 Å². The molecule has 4 rings (SSSR count). The Kier molecular flexibility index (Phi) is 2.11. The van der Waals surface area contributed by atoms with Crippen molar-refractivity contribution in [3.63, 3.8) is 0 Å². The summed E-state index contributed by atoms with van der Waals surface area (Å²) in [6.45, 7) is 0. The molecule has 94 valence electrons. The van der Waals surface area contributed by atoms with Crippen molar-refractivity contribution in [2.75, 3.05) is 0 Å². The fraction of sp³-hybridized carbons (Fsp3) is 0.375. The van der Waals surface area contributed by atoms with Gasteiger partial charge in [-0.05, 0) is 43.2 Å². The van der Waals surface area contributed by atoms with Crippen LogP contribution in [0.4, 0.5) is 0 Å². The van der Waals surface area contributed by atoms with Crippen molar-refractivity contribution in [1.29, 1.82) is 5.26 Å². The first kappa shape index (κ1) is 10.8. The van der Waals surface area contributed by atoms with Gasteiger partial charge in [0, 0.05) is 28.6 Å². The normalized spacial score (nSPS) is 28.1. The van der Waals surface area contributed by atoms with Crippen LogP contribution in [0.5, 0.6) is 0 Å². The summed E-state index contributed by atoms with van der Waals surface area (Å²) in [6, 6.07) is 7.72. The average molecular weight is 250 g/mol. The highest BCUT2D eigenvalue weighted by Crippen LogP contribution is 2.55. The lowest BCUT2D eigenvalue weighted by molar-refractivity contribution is 0.0916. The number of nitrogens with one attached hydrogen (secondary N) is 1. The molecule has 0 amide bonds. The Morgan fingerprint density at radius 3 is 2.79 bits per heavy atom. The molecule has 0 aliphatic heterocycles. The number of nitrogens with zero attached hydrogens (tertiary/aromatic N) is 1. The van der Waals surface area contributed by atoms with Gasteiger partial charge in [0.15, 0.2) is 5.78 Å². The zero-order chi connectivity index (χ0) is 13.0. The minimum Gasteiger partial charge on any atom is -0.360 e. The second kappa shape index (κ2) is 3.71. The Labute approximate surface area is 111 Å². The fourth-order valence-corrected chi connectivity index (χ4v) is 3.62. The number of ketones is 1. The molecule has 2 aromatic rings. The van der Waals surface area contributed by atoms with E-state index in [1.54, 1.807) is 12.3 Å². The monoisotopic (exact) mass is 250 g/mol. The third-order valence-corrected chi connectivity index (χ3v) is 4.71. The number of aromatic nitrogens is 1. The van der Waals surface area contributed by atoms with Crippen molar-refractivity contribution in [2.45, 2.75) is 19.3 Å². The molecule has 2 atom stereocenters. The van der Waals surface area contributed by atoms with Gasteiger partial charge in [0.2, 0.25) is 0 Å². The molecule has 2 aliphatic carbocycles. The zero-order valence-electron chi connectivity index (χ0n) is 10.5. The van der Waals surface area contributed by atoms with Gasteiger partial charge in [-0.1, -0.05) is 6.07 Å². The highest BCUT2D eigenvalue weighted by atomic mass is 16.1. The van der Waals surface area contributed by atoms with Crippen LogP contribution in [0.3, 0.4) is 0 Å². The minimum atomic E-state index is 0.175. The number of hydrogen-bond acceptors (Lipinski definition) is 2. The van der Waals surface area contributed by atoms with Gasteiger partial charge >= 0.3 is 0 Å². The van der Waals surface area contributed by atoms with Crippen LogP contribution in [0.25, 0.3) is 10.9 Å². The molecular weight excluding hydrogens is 236 g/mol. The first-order valence-electron chi connectivity index (χ1n) is 6.82. The van der Waals surface area contributed by atoms with Gasteiger partial charge in [0.1, 0.15) is 0 Å². The number of carbonyl (C=O) groups excluding carboxylic acids is 1. The first-order valence-corrected chi connectivity index (χ1v) is 6.82. The Morgan fingerprint density at radius 1 is 1.26 bits per heavy atom. The van der Waals surface area contributed by atoms with E-state index in [4.69, 9.17) is 0 Å². The number of H-pyrrole nitrogens is 1. The summed E-state index contributed by atoms with van der Waals surface area (Å²) >= 11 is 0. The number of rotatable bonds is 2. The van der Waals surface area contributed by atoms with Gasteiger partial charge in [-0.25, -0.2) is 0 Å². The molecule has 1 heterocycles. The molecule has 1 aromatic heterocycles. The maximum Gasteiger partial charge on any atom is 0.168 e. The van der Waals surface area contributed by atoms with Crippen LogP contribution in [-0.2, 0) is 0 Å². The molecule has 2 fully saturated rings. The van der Waals surface area contributed by atoms with E-state index in [0.717, 1.165) is 35.6 Å². The van der Waals surface area contributed by atoms with E-state index >= 15 is 0 Å². The largest absolute Gasteiger partial charge is 0.360 e. The second-order valence-electron chi connectivity index (χ2n) is 5.83. The number of fused-ring (bicyclic) bond motifs is 2. The summed E-state index contributed by atoms with van der Waals surface area (Å²) in [5.74, 6) is 2.00. The smallest absolute Gasteiger partial charge is 0.168 e. The summed E-state index contributed by atoms with van der Waals surface area (Å²) < 4.78 is 0. The Bertz CT molecular complexity index is 712. The van der Waals surface area contributed by atoms with Crippen molar-refractivity contribution >= 4 is 16.7 Å². The molecule has 2 unspecified atom stereocenters. The standard InChI is InChI=1S/C16H14N2O/c17-7-9-2-1-3-14-15(9)13(8-18-14)16(19)12-5-10-4-11(10)6-12/h1-3,8,10-12,18H,4-6H2. The fourth-order valence-electron chi connectivity index (χ4n) is 3.62. The van der Waals surface area contributed by atoms with Crippen LogP contribution >= 0.6 is 0 Å². The van der Waals surface area contributed by atoms with Crippen LogP contribution in [-0.4, -0.2) is 10.8 Å². The molecule has 0 saturated heterocycles. The van der Waals surface area contributed by atoms with E-state index in [9.17, 15) is 10.1 Å². The van der Waals surface area contributed by atoms with E-state index < -0.39 is 0 Å². The van der Waals surface area contributed by atoms with Crippen molar-refractivity contribution in [2.24, 2.45) is 17.8 Å². The Morgan fingerprint density at radius 2 is 2.05 bits per heavy atom. The highest BCUT2D eigenvalue weighted by Gasteiger charge is 2.48. The van der Waals surface area contributed by atoms with Gasteiger partial charge in [0.25, 0.3) is 0 Å². The highest BCUT2D eigenvalue weighted by molar-refractivity contribution is 6.10. The lowest BCUT2D eigenvalue weighted by atomic mass is 9.92. The van der Waals surface area contributed by atoms with Crippen LogP contribution in [0.1, 0.15) is 35.2 Å². The summed E-state index contributed by atoms with van der Waals surface area (Å²) in [4.78, 5) is 15.7. The maximum absolute atomic E-state index is 12.6. The Balaban J connectivity index is 1.78. The van der Waals surface area contributed by atoms with Crippen molar-refractivity contribution in [3.05, 3.63) is 35.5 Å². The van der Waals surface area contributed by atoms with Crippen molar-refractivity contribution in [1.82, 2.24) is 4.98 Å². The molecular formula is C16H14N2O. The predicted molar refractivity (Wildman–Crippen MR) is 71.7 cm³/mol. The van der Waals surface area contributed by atoms with E-state index in [2.05, 4.69) is 11.1 Å². The summed E-state index contributed by atoms with van der Waals surface area (Å²) in [6.07, 6.45) is 5.19. The number of nitriles is 1. The molecule has 3 heteroatoms. The molecule has 3 nitrogen and oxygen atoms in total. The van der Waals surface area contributed by atoms with Gasteiger partial charge in [-0.2, -0.15) is 5.26 Å². The quantitative estimate of drug-likeness (QED) is 0.831. The lowest BCUT2D eigenvalue weighted by Crippen LogP contribution is -2.12. The predicted octanol–water partition coefficient (Wildman–Crippen LogP) is 3.27. The van der Waals surface area contributed by atoms with Gasteiger partial charge in [0.05, 0.1) is 11.6 Å². The minimum absolute atomic E-state index is 0.175. The molecule has 0 spiro atoms. The Hall–Kier alpha value is -2.08. The lowest BCUT2D eigenvalue weighted by Gasteiger charge is -2.09. The average Bonchev–Trinajstić information content (AvgIpc) is 2.89. The van der Waals surface area contributed by atoms with Crippen molar-refractivity contribution in [3.8, 4) is 6.07 Å². The van der Waals surface area contributed by atoms with Gasteiger partial charge in [-0.3, -0.25) is 4.79 Å². The van der Waals surface area contributed by atoms with Crippen LogP contribution < -0.4 is 0 Å². The SMILES string of the molecule is N#Cc1cccc2[nH]cc(C(=O)C3CC4CC4C3)c12. The first-order chi connectivity index (χ1) is 9.28. The number of carbonyl (C=O) groups is 1. The third kappa shape index (κ3) is 1.53.